The smallest absolute Gasteiger partial charge is 0.376 e. The molecule has 1 aromatic heterocycles. The van der Waals surface area contributed by atoms with Gasteiger partial charge in [0.15, 0.2) is 5.75 Å². The van der Waals surface area contributed by atoms with E-state index >= 15 is 0 Å². The normalized spacial score (nSPS) is 9.38. The summed E-state index contributed by atoms with van der Waals surface area (Å²) in [6.07, 6.45) is 2.83. The van der Waals surface area contributed by atoms with E-state index in [-0.39, 0.29) is 5.82 Å². The van der Waals surface area contributed by atoms with Crippen molar-refractivity contribution in [2.75, 3.05) is 13.7 Å². The van der Waals surface area contributed by atoms with Crippen molar-refractivity contribution in [1.82, 2.24) is 9.97 Å². The van der Waals surface area contributed by atoms with Crippen LogP contribution in [0, 0.1) is 0 Å². The van der Waals surface area contributed by atoms with E-state index in [0.717, 1.165) is 0 Å². The molecule has 70 valence electrons. The summed E-state index contributed by atoms with van der Waals surface area (Å²) in [4.78, 5) is 18.6. The third-order valence-corrected chi connectivity index (χ3v) is 1.32. The Morgan fingerprint density at radius 1 is 1.46 bits per heavy atom. The second-order valence-electron chi connectivity index (χ2n) is 2.17. The molecule has 0 amide bonds. The molecule has 1 aromatic rings. The molecule has 13 heavy (non-hydrogen) atoms. The molecule has 0 saturated heterocycles. The van der Waals surface area contributed by atoms with Gasteiger partial charge in [0.2, 0.25) is 5.82 Å². The molecule has 1 heterocycles. The van der Waals surface area contributed by atoms with E-state index in [4.69, 9.17) is 9.47 Å². The van der Waals surface area contributed by atoms with Gasteiger partial charge in [0.05, 0.1) is 26.1 Å². The van der Waals surface area contributed by atoms with E-state index in [0.29, 0.717) is 12.4 Å². The van der Waals surface area contributed by atoms with Crippen LogP contribution in [0.15, 0.2) is 12.4 Å². The number of nitrogens with zero attached hydrogens (tertiary/aromatic N) is 2. The zero-order valence-electron chi connectivity index (χ0n) is 7.48. The fourth-order valence-corrected chi connectivity index (χ4v) is 0.723. The second-order valence-corrected chi connectivity index (χ2v) is 2.17. The number of esters is 1. The average molecular weight is 182 g/mol. The SMILES string of the molecule is CCOC(=O)c1ncc(OC)cn1. The molecule has 0 spiro atoms. The predicted octanol–water partition coefficient (Wildman–Crippen LogP) is 0.662. The molecule has 0 bridgehead atoms. The lowest BCUT2D eigenvalue weighted by atomic mass is 10.5. The van der Waals surface area contributed by atoms with Crippen molar-refractivity contribution in [2.24, 2.45) is 0 Å². The van der Waals surface area contributed by atoms with Crippen LogP contribution in [0.1, 0.15) is 17.5 Å². The molecule has 0 aliphatic heterocycles. The number of hydrogen-bond acceptors (Lipinski definition) is 5. The summed E-state index contributed by atoms with van der Waals surface area (Å²) in [6, 6.07) is 0. The molecule has 5 heteroatoms. The Kier molecular flexibility index (Phi) is 3.19. The van der Waals surface area contributed by atoms with Gasteiger partial charge in [-0.25, -0.2) is 14.8 Å². The average Bonchev–Trinajstić information content (AvgIpc) is 2.18. The first-order valence-electron chi connectivity index (χ1n) is 3.81. The van der Waals surface area contributed by atoms with E-state index in [9.17, 15) is 4.79 Å². The van der Waals surface area contributed by atoms with Crippen LogP contribution in [-0.4, -0.2) is 29.7 Å². The molecule has 0 aliphatic rings. The highest BCUT2D eigenvalue weighted by Crippen LogP contribution is 2.04. The van der Waals surface area contributed by atoms with Crippen molar-refractivity contribution in [3.05, 3.63) is 18.2 Å². The van der Waals surface area contributed by atoms with Crippen LogP contribution in [0.2, 0.25) is 0 Å². The minimum atomic E-state index is -0.523. The predicted molar refractivity (Wildman–Crippen MR) is 44.5 cm³/mol. The van der Waals surface area contributed by atoms with Crippen LogP contribution in [0.4, 0.5) is 0 Å². The van der Waals surface area contributed by atoms with Crippen LogP contribution in [0.5, 0.6) is 5.75 Å². The van der Waals surface area contributed by atoms with Gasteiger partial charge in [-0.3, -0.25) is 0 Å². The van der Waals surface area contributed by atoms with Gasteiger partial charge >= 0.3 is 5.97 Å². The van der Waals surface area contributed by atoms with Crippen molar-refractivity contribution in [3.63, 3.8) is 0 Å². The summed E-state index contributed by atoms with van der Waals surface area (Å²) in [6.45, 7) is 2.04. The molecule has 1 rings (SSSR count). The van der Waals surface area contributed by atoms with Crippen LogP contribution in [-0.2, 0) is 4.74 Å². The zero-order chi connectivity index (χ0) is 9.68. The monoisotopic (exact) mass is 182 g/mol. The summed E-state index contributed by atoms with van der Waals surface area (Å²) >= 11 is 0. The van der Waals surface area contributed by atoms with Gasteiger partial charge in [0.1, 0.15) is 0 Å². The first-order chi connectivity index (χ1) is 6.27. The van der Waals surface area contributed by atoms with Gasteiger partial charge in [0.25, 0.3) is 0 Å². The summed E-state index contributed by atoms with van der Waals surface area (Å²) in [5.41, 5.74) is 0. The zero-order valence-corrected chi connectivity index (χ0v) is 7.48. The fraction of sp³-hybridized carbons (Fsp3) is 0.375. The third-order valence-electron chi connectivity index (χ3n) is 1.32. The highest BCUT2D eigenvalue weighted by Gasteiger charge is 2.08. The van der Waals surface area contributed by atoms with Crippen molar-refractivity contribution in [3.8, 4) is 5.75 Å². The summed E-state index contributed by atoms with van der Waals surface area (Å²) < 4.78 is 9.53. The minimum Gasteiger partial charge on any atom is -0.494 e. The standard InChI is InChI=1S/C8H10N2O3/c1-3-13-8(11)7-9-4-6(12-2)5-10-7/h4-5H,3H2,1-2H3. The Hall–Kier alpha value is -1.65. The number of carbonyl (C=O) groups is 1. The lowest BCUT2D eigenvalue weighted by Crippen LogP contribution is -2.09. The number of aromatic nitrogens is 2. The number of methoxy groups -OCH3 is 1. The first kappa shape index (κ1) is 9.44. The quantitative estimate of drug-likeness (QED) is 0.642. The number of ether oxygens (including phenoxy) is 2. The molecular weight excluding hydrogens is 172 g/mol. The maximum atomic E-state index is 11.1. The maximum absolute atomic E-state index is 11.1. The highest BCUT2D eigenvalue weighted by atomic mass is 16.5. The van der Waals surface area contributed by atoms with Gasteiger partial charge in [-0.1, -0.05) is 0 Å². The molecule has 0 saturated carbocycles. The van der Waals surface area contributed by atoms with Gasteiger partial charge in [-0.05, 0) is 6.92 Å². The Morgan fingerprint density at radius 2 is 2.08 bits per heavy atom. The summed E-state index contributed by atoms with van der Waals surface area (Å²) in [5.74, 6) is 0.0286. The number of hydrogen-bond donors (Lipinski definition) is 0. The summed E-state index contributed by atoms with van der Waals surface area (Å²) in [5, 5.41) is 0. The maximum Gasteiger partial charge on any atom is 0.376 e. The molecule has 5 nitrogen and oxygen atoms in total. The van der Waals surface area contributed by atoms with E-state index in [2.05, 4.69) is 9.97 Å². The second kappa shape index (κ2) is 4.39. The number of rotatable bonds is 3. The van der Waals surface area contributed by atoms with Crippen LogP contribution < -0.4 is 4.74 Å². The first-order valence-corrected chi connectivity index (χ1v) is 3.81. The largest absolute Gasteiger partial charge is 0.494 e. The highest BCUT2D eigenvalue weighted by molar-refractivity contribution is 5.84. The Labute approximate surface area is 75.7 Å². The summed E-state index contributed by atoms with van der Waals surface area (Å²) in [7, 11) is 1.50. The molecule has 0 atom stereocenters. The van der Waals surface area contributed by atoms with Gasteiger partial charge in [-0.2, -0.15) is 0 Å². The Bertz CT molecular complexity index is 284. The molecule has 0 radical (unpaired) electrons. The fourth-order valence-electron chi connectivity index (χ4n) is 0.723. The van der Waals surface area contributed by atoms with Gasteiger partial charge in [-0.15, -0.1) is 0 Å². The van der Waals surface area contributed by atoms with E-state index in [1.165, 1.54) is 19.5 Å². The molecule has 0 unspecified atom stereocenters. The molecule has 0 N–H and O–H groups in total. The number of carbonyl (C=O) groups excluding carboxylic acids is 1. The van der Waals surface area contributed by atoms with Crippen molar-refractivity contribution < 1.29 is 14.3 Å². The Morgan fingerprint density at radius 3 is 2.54 bits per heavy atom. The minimum absolute atomic E-state index is 0.0441. The molecular formula is C8H10N2O3. The molecule has 0 fully saturated rings. The third kappa shape index (κ3) is 2.40. The van der Waals surface area contributed by atoms with Crippen molar-refractivity contribution in [2.45, 2.75) is 6.92 Å². The molecule has 0 aliphatic carbocycles. The van der Waals surface area contributed by atoms with Gasteiger partial charge < -0.3 is 9.47 Å². The van der Waals surface area contributed by atoms with E-state index < -0.39 is 5.97 Å². The Balaban J connectivity index is 2.74. The molecule has 0 aromatic carbocycles. The van der Waals surface area contributed by atoms with Crippen molar-refractivity contribution in [1.29, 1.82) is 0 Å². The lowest BCUT2D eigenvalue weighted by molar-refractivity contribution is 0.0512. The van der Waals surface area contributed by atoms with Gasteiger partial charge in [0, 0.05) is 0 Å². The topological polar surface area (TPSA) is 61.3 Å². The van der Waals surface area contributed by atoms with Crippen LogP contribution in [0.25, 0.3) is 0 Å². The lowest BCUT2D eigenvalue weighted by Gasteiger charge is -2.00. The van der Waals surface area contributed by atoms with Crippen LogP contribution >= 0.6 is 0 Å². The van der Waals surface area contributed by atoms with E-state index in [1.54, 1.807) is 6.92 Å². The van der Waals surface area contributed by atoms with E-state index in [1.807, 2.05) is 0 Å². The van der Waals surface area contributed by atoms with Crippen LogP contribution in [0.3, 0.4) is 0 Å². The van der Waals surface area contributed by atoms with Crippen molar-refractivity contribution >= 4 is 5.97 Å².